The molecular weight excluding hydrogens is 222 g/mol. The van der Waals surface area contributed by atoms with E-state index in [1.807, 2.05) is 6.07 Å². The van der Waals surface area contributed by atoms with Gasteiger partial charge in [-0.1, -0.05) is 13.8 Å². The summed E-state index contributed by atoms with van der Waals surface area (Å²) < 4.78 is 5.57. The highest BCUT2D eigenvalue weighted by Crippen LogP contribution is 2.60. The van der Waals surface area contributed by atoms with Crippen molar-refractivity contribution in [1.29, 1.82) is 0 Å². The van der Waals surface area contributed by atoms with Crippen LogP contribution in [0.15, 0.2) is 22.8 Å². The van der Waals surface area contributed by atoms with Gasteiger partial charge in [0.2, 0.25) is 0 Å². The first-order valence-electron chi connectivity index (χ1n) is 7.40. The molecular formula is C16H25NO. The monoisotopic (exact) mass is 247 g/mol. The lowest BCUT2D eigenvalue weighted by atomic mass is 9.79. The molecule has 2 saturated carbocycles. The Hall–Kier alpha value is -0.760. The Morgan fingerprint density at radius 2 is 2.17 bits per heavy atom. The number of hydrogen-bond acceptors (Lipinski definition) is 2. The predicted molar refractivity (Wildman–Crippen MR) is 73.4 cm³/mol. The van der Waals surface area contributed by atoms with E-state index in [1.165, 1.54) is 31.6 Å². The van der Waals surface area contributed by atoms with Gasteiger partial charge in [0, 0.05) is 13.0 Å². The molecule has 0 spiro atoms. The van der Waals surface area contributed by atoms with Gasteiger partial charge < -0.3 is 9.73 Å². The fourth-order valence-electron chi connectivity index (χ4n) is 3.77. The SMILES string of the molecule is CC(C)CNCC1(Cc2ccco2)CC2CC2C1. The van der Waals surface area contributed by atoms with Crippen molar-refractivity contribution < 1.29 is 4.42 Å². The molecule has 0 aromatic carbocycles. The van der Waals surface area contributed by atoms with E-state index < -0.39 is 0 Å². The highest BCUT2D eigenvalue weighted by Gasteiger charge is 2.53. The van der Waals surface area contributed by atoms with Crippen LogP contribution in [-0.4, -0.2) is 13.1 Å². The summed E-state index contributed by atoms with van der Waals surface area (Å²) in [6.45, 7) is 6.85. The molecule has 2 unspecified atom stereocenters. The molecule has 3 rings (SSSR count). The molecule has 18 heavy (non-hydrogen) atoms. The summed E-state index contributed by atoms with van der Waals surface area (Å²) in [7, 11) is 0. The van der Waals surface area contributed by atoms with Gasteiger partial charge in [-0.25, -0.2) is 0 Å². The molecule has 1 aromatic rings. The largest absolute Gasteiger partial charge is 0.469 e. The lowest BCUT2D eigenvalue weighted by Gasteiger charge is -2.31. The van der Waals surface area contributed by atoms with Gasteiger partial charge in [0.25, 0.3) is 0 Å². The van der Waals surface area contributed by atoms with Crippen LogP contribution >= 0.6 is 0 Å². The maximum absolute atomic E-state index is 5.57. The lowest BCUT2D eigenvalue weighted by Crippen LogP contribution is -2.36. The second-order valence-electron chi connectivity index (χ2n) is 6.94. The quantitative estimate of drug-likeness (QED) is 0.832. The standard InChI is InChI=1S/C16H25NO/c1-12(2)10-17-11-16(7-13-6-14(13)8-16)9-15-4-3-5-18-15/h3-5,12-14,17H,6-11H2,1-2H3. The van der Waals surface area contributed by atoms with Crippen LogP contribution in [0.3, 0.4) is 0 Å². The van der Waals surface area contributed by atoms with Gasteiger partial charge in [-0.3, -0.25) is 0 Å². The van der Waals surface area contributed by atoms with Crippen molar-refractivity contribution in [3.8, 4) is 0 Å². The van der Waals surface area contributed by atoms with Crippen molar-refractivity contribution in [1.82, 2.24) is 5.32 Å². The van der Waals surface area contributed by atoms with Crippen LogP contribution < -0.4 is 5.32 Å². The van der Waals surface area contributed by atoms with Crippen LogP contribution in [0.4, 0.5) is 0 Å². The zero-order valence-corrected chi connectivity index (χ0v) is 11.6. The Balaban J connectivity index is 1.61. The van der Waals surface area contributed by atoms with Crippen molar-refractivity contribution in [3.63, 3.8) is 0 Å². The highest BCUT2D eigenvalue weighted by atomic mass is 16.3. The number of nitrogens with one attached hydrogen (secondary N) is 1. The van der Waals surface area contributed by atoms with Gasteiger partial charge >= 0.3 is 0 Å². The summed E-state index contributed by atoms with van der Waals surface area (Å²) in [6.07, 6.45) is 7.23. The van der Waals surface area contributed by atoms with E-state index >= 15 is 0 Å². The number of fused-ring (bicyclic) bond motifs is 1. The van der Waals surface area contributed by atoms with E-state index in [9.17, 15) is 0 Å². The van der Waals surface area contributed by atoms with Gasteiger partial charge in [0.15, 0.2) is 0 Å². The van der Waals surface area contributed by atoms with E-state index in [-0.39, 0.29) is 0 Å². The third-order valence-corrected chi connectivity index (χ3v) is 4.64. The molecule has 1 N–H and O–H groups in total. The first kappa shape index (κ1) is 12.3. The smallest absolute Gasteiger partial charge is 0.104 e. The molecule has 0 radical (unpaired) electrons. The van der Waals surface area contributed by atoms with Crippen LogP contribution in [0.5, 0.6) is 0 Å². The van der Waals surface area contributed by atoms with Crippen molar-refractivity contribution >= 4 is 0 Å². The molecule has 2 aliphatic rings. The van der Waals surface area contributed by atoms with Gasteiger partial charge in [0.05, 0.1) is 6.26 Å². The van der Waals surface area contributed by atoms with Gasteiger partial charge in [-0.15, -0.1) is 0 Å². The van der Waals surface area contributed by atoms with Gasteiger partial charge in [0.1, 0.15) is 5.76 Å². The maximum Gasteiger partial charge on any atom is 0.104 e. The molecule has 1 heterocycles. The van der Waals surface area contributed by atoms with Gasteiger partial charge in [-0.05, 0) is 61.1 Å². The van der Waals surface area contributed by atoms with E-state index in [2.05, 4.69) is 25.2 Å². The maximum atomic E-state index is 5.57. The summed E-state index contributed by atoms with van der Waals surface area (Å²) in [4.78, 5) is 0. The van der Waals surface area contributed by atoms with Crippen molar-refractivity contribution in [2.75, 3.05) is 13.1 Å². The van der Waals surface area contributed by atoms with Crippen LogP contribution in [-0.2, 0) is 6.42 Å². The van der Waals surface area contributed by atoms with E-state index in [1.54, 1.807) is 6.26 Å². The number of hydrogen-bond donors (Lipinski definition) is 1. The third kappa shape index (κ3) is 2.64. The summed E-state index contributed by atoms with van der Waals surface area (Å²) in [6, 6.07) is 4.15. The minimum Gasteiger partial charge on any atom is -0.469 e. The van der Waals surface area contributed by atoms with Gasteiger partial charge in [-0.2, -0.15) is 0 Å². The average Bonchev–Trinajstić information content (AvgIpc) is 2.76. The van der Waals surface area contributed by atoms with Crippen LogP contribution in [0.2, 0.25) is 0 Å². The fraction of sp³-hybridized carbons (Fsp3) is 0.750. The molecule has 2 aliphatic carbocycles. The zero-order valence-electron chi connectivity index (χ0n) is 11.6. The molecule has 0 amide bonds. The Morgan fingerprint density at radius 1 is 1.39 bits per heavy atom. The third-order valence-electron chi connectivity index (χ3n) is 4.64. The molecule has 0 bridgehead atoms. The minimum atomic E-state index is 0.473. The van der Waals surface area contributed by atoms with Crippen LogP contribution in [0, 0.1) is 23.2 Å². The fourth-order valence-corrected chi connectivity index (χ4v) is 3.77. The normalized spacial score (nSPS) is 33.9. The summed E-state index contributed by atoms with van der Waals surface area (Å²) in [5, 5.41) is 3.68. The van der Waals surface area contributed by atoms with E-state index in [0.717, 1.165) is 30.7 Å². The Bertz CT molecular complexity index is 372. The Morgan fingerprint density at radius 3 is 2.78 bits per heavy atom. The van der Waals surface area contributed by atoms with E-state index in [0.29, 0.717) is 5.41 Å². The summed E-state index contributed by atoms with van der Waals surface area (Å²) in [5.74, 6) is 3.96. The summed E-state index contributed by atoms with van der Waals surface area (Å²) >= 11 is 0. The Labute approximate surface area is 110 Å². The first-order valence-corrected chi connectivity index (χ1v) is 7.40. The molecule has 2 heteroatoms. The molecule has 0 saturated heterocycles. The molecule has 100 valence electrons. The number of rotatable bonds is 6. The molecule has 0 aliphatic heterocycles. The minimum absolute atomic E-state index is 0.473. The van der Waals surface area contributed by atoms with Crippen molar-refractivity contribution in [2.45, 2.75) is 39.5 Å². The molecule has 2 fully saturated rings. The summed E-state index contributed by atoms with van der Waals surface area (Å²) in [5.41, 5.74) is 0.473. The zero-order chi connectivity index (χ0) is 12.6. The second kappa shape index (κ2) is 4.73. The van der Waals surface area contributed by atoms with Crippen LogP contribution in [0.1, 0.15) is 38.9 Å². The molecule has 2 nitrogen and oxygen atoms in total. The second-order valence-corrected chi connectivity index (χ2v) is 6.94. The highest BCUT2D eigenvalue weighted by molar-refractivity contribution is 5.10. The average molecular weight is 247 g/mol. The van der Waals surface area contributed by atoms with Crippen molar-refractivity contribution in [2.24, 2.45) is 23.2 Å². The van der Waals surface area contributed by atoms with Crippen molar-refractivity contribution in [3.05, 3.63) is 24.2 Å². The lowest BCUT2D eigenvalue weighted by molar-refractivity contribution is 0.229. The topological polar surface area (TPSA) is 25.2 Å². The molecule has 2 atom stereocenters. The molecule has 1 aromatic heterocycles. The number of furan rings is 1. The predicted octanol–water partition coefficient (Wildman–Crippen LogP) is 3.48. The van der Waals surface area contributed by atoms with Crippen LogP contribution in [0.25, 0.3) is 0 Å². The first-order chi connectivity index (χ1) is 8.67. The van der Waals surface area contributed by atoms with E-state index in [4.69, 9.17) is 4.42 Å². The Kier molecular flexibility index (Phi) is 3.23.